The van der Waals surface area contributed by atoms with Crippen molar-refractivity contribution < 1.29 is 14.6 Å². The van der Waals surface area contributed by atoms with E-state index in [4.69, 9.17) is 4.74 Å². The molecule has 5 heteroatoms. The topological polar surface area (TPSA) is 74.3 Å². The number of benzene rings is 1. The highest BCUT2D eigenvalue weighted by atomic mass is 16.6. The highest BCUT2D eigenvalue weighted by Gasteiger charge is 2.48. The molecule has 1 fully saturated rings. The molecule has 98 valence electrons. The van der Waals surface area contributed by atoms with Gasteiger partial charge in [-0.3, -0.25) is 10.1 Å². The van der Waals surface area contributed by atoms with Crippen LogP contribution in [0.4, 0.5) is 0 Å². The van der Waals surface area contributed by atoms with Crippen molar-refractivity contribution in [3.63, 3.8) is 0 Å². The molecular weight excluding hydrogens is 244 g/mol. The number of aromatic nitrogens is 1. The third-order valence-electron chi connectivity index (χ3n) is 4.12. The monoisotopic (exact) mass is 258 g/mol. The van der Waals surface area contributed by atoms with Gasteiger partial charge in [0.15, 0.2) is 0 Å². The van der Waals surface area contributed by atoms with Crippen LogP contribution >= 0.6 is 0 Å². The predicted molar refractivity (Wildman–Crippen MR) is 68.6 cm³/mol. The first-order valence-electron chi connectivity index (χ1n) is 6.44. The van der Waals surface area contributed by atoms with Gasteiger partial charge in [0.05, 0.1) is 12.5 Å². The molecule has 2 aliphatic heterocycles. The normalized spacial score (nSPS) is 29.1. The van der Waals surface area contributed by atoms with Crippen molar-refractivity contribution in [1.29, 1.82) is 0 Å². The summed E-state index contributed by atoms with van der Waals surface area (Å²) in [7, 11) is 0. The molecule has 1 aromatic heterocycles. The van der Waals surface area contributed by atoms with E-state index in [1.165, 1.54) is 0 Å². The molecule has 19 heavy (non-hydrogen) atoms. The standard InChI is InChI=1S/C14H14N2O3/c17-6-10-12-11-7-3-1-2-4-8(7)16-9(11)5-15-13(12)14(18)19-10/h1-4,10,12-13,15-17H,5-6H2. The smallest absolute Gasteiger partial charge is 0.324 e. The molecule has 0 radical (unpaired) electrons. The fourth-order valence-electron chi connectivity index (χ4n) is 3.32. The summed E-state index contributed by atoms with van der Waals surface area (Å²) in [6.45, 7) is 0.478. The molecule has 3 heterocycles. The summed E-state index contributed by atoms with van der Waals surface area (Å²) in [5, 5.41) is 13.8. The molecule has 3 N–H and O–H groups in total. The van der Waals surface area contributed by atoms with Gasteiger partial charge in [0, 0.05) is 23.1 Å². The molecule has 0 saturated carbocycles. The van der Waals surface area contributed by atoms with E-state index < -0.39 is 6.10 Å². The SMILES string of the molecule is O=C1OC(CO)C2c3c([nH]c4ccccc34)CNC12. The second-order valence-corrected chi connectivity index (χ2v) is 5.11. The number of nitrogens with one attached hydrogen (secondary N) is 2. The van der Waals surface area contributed by atoms with E-state index in [1.807, 2.05) is 24.3 Å². The molecule has 5 nitrogen and oxygen atoms in total. The second-order valence-electron chi connectivity index (χ2n) is 5.11. The van der Waals surface area contributed by atoms with E-state index in [0.29, 0.717) is 6.54 Å². The van der Waals surface area contributed by atoms with Gasteiger partial charge >= 0.3 is 5.97 Å². The Morgan fingerprint density at radius 3 is 3.05 bits per heavy atom. The number of para-hydroxylation sites is 1. The Labute approximate surface area is 109 Å². The Kier molecular flexibility index (Phi) is 2.22. The first kappa shape index (κ1) is 11.0. The molecule has 0 spiro atoms. The highest BCUT2D eigenvalue weighted by molar-refractivity contribution is 5.89. The van der Waals surface area contributed by atoms with Crippen LogP contribution in [0, 0.1) is 0 Å². The van der Waals surface area contributed by atoms with Crippen LogP contribution in [0.1, 0.15) is 17.2 Å². The second kappa shape index (κ2) is 3.82. The fourth-order valence-corrected chi connectivity index (χ4v) is 3.32. The van der Waals surface area contributed by atoms with Gasteiger partial charge in [-0.2, -0.15) is 0 Å². The van der Waals surface area contributed by atoms with Gasteiger partial charge in [0.1, 0.15) is 12.1 Å². The van der Waals surface area contributed by atoms with Gasteiger partial charge < -0.3 is 14.8 Å². The number of hydrogen-bond donors (Lipinski definition) is 3. The summed E-state index contributed by atoms with van der Waals surface area (Å²) < 4.78 is 5.27. The van der Waals surface area contributed by atoms with E-state index in [9.17, 15) is 9.90 Å². The van der Waals surface area contributed by atoms with Crippen molar-refractivity contribution in [3.05, 3.63) is 35.5 Å². The third-order valence-corrected chi connectivity index (χ3v) is 4.12. The molecular formula is C14H14N2O3. The fraction of sp³-hybridized carbons (Fsp3) is 0.357. The quantitative estimate of drug-likeness (QED) is 0.656. The number of aliphatic hydroxyl groups excluding tert-OH is 1. The molecule has 2 aromatic rings. The van der Waals surface area contributed by atoms with Crippen molar-refractivity contribution >= 4 is 16.9 Å². The first-order chi connectivity index (χ1) is 9.29. The van der Waals surface area contributed by atoms with E-state index in [2.05, 4.69) is 10.3 Å². The maximum atomic E-state index is 11.8. The number of esters is 1. The van der Waals surface area contributed by atoms with Crippen LogP contribution < -0.4 is 5.32 Å². The summed E-state index contributed by atoms with van der Waals surface area (Å²) >= 11 is 0. The molecule has 1 saturated heterocycles. The van der Waals surface area contributed by atoms with Crippen LogP contribution in [0.3, 0.4) is 0 Å². The lowest BCUT2D eigenvalue weighted by Gasteiger charge is -2.26. The molecule has 4 rings (SSSR count). The maximum absolute atomic E-state index is 11.8. The van der Waals surface area contributed by atoms with Gasteiger partial charge in [-0.15, -0.1) is 0 Å². The molecule has 3 atom stereocenters. The van der Waals surface area contributed by atoms with Gasteiger partial charge in [0.25, 0.3) is 0 Å². The largest absolute Gasteiger partial charge is 0.458 e. The van der Waals surface area contributed by atoms with Crippen molar-refractivity contribution in [2.75, 3.05) is 6.61 Å². The summed E-state index contributed by atoms with van der Waals surface area (Å²) in [4.78, 5) is 15.2. The minimum Gasteiger partial charge on any atom is -0.458 e. The highest BCUT2D eigenvalue weighted by Crippen LogP contribution is 2.41. The lowest BCUT2D eigenvalue weighted by molar-refractivity contribution is -0.144. The number of ether oxygens (including phenoxy) is 1. The average Bonchev–Trinajstić information content (AvgIpc) is 2.96. The number of hydrogen-bond acceptors (Lipinski definition) is 4. The van der Waals surface area contributed by atoms with Crippen LogP contribution in [-0.2, 0) is 16.1 Å². The minimum absolute atomic E-state index is 0.114. The van der Waals surface area contributed by atoms with Gasteiger partial charge in [-0.05, 0) is 11.6 Å². The summed E-state index contributed by atoms with van der Waals surface area (Å²) in [5.74, 6) is -0.377. The zero-order chi connectivity index (χ0) is 13.0. The van der Waals surface area contributed by atoms with E-state index in [1.54, 1.807) is 0 Å². The van der Waals surface area contributed by atoms with Gasteiger partial charge in [-0.1, -0.05) is 18.2 Å². The molecule has 3 unspecified atom stereocenters. The number of aromatic amines is 1. The van der Waals surface area contributed by atoms with Crippen LogP contribution in [0.15, 0.2) is 24.3 Å². The number of fused-ring (bicyclic) bond motifs is 5. The number of H-pyrrole nitrogens is 1. The van der Waals surface area contributed by atoms with Gasteiger partial charge in [0.2, 0.25) is 0 Å². The summed E-state index contributed by atoms with van der Waals surface area (Å²) in [5.41, 5.74) is 3.26. The Morgan fingerprint density at radius 2 is 2.21 bits per heavy atom. The summed E-state index contributed by atoms with van der Waals surface area (Å²) in [6.07, 6.45) is -0.455. The number of aliphatic hydroxyl groups is 1. The number of carbonyl (C=O) groups is 1. The van der Waals surface area contributed by atoms with Crippen molar-refractivity contribution in [3.8, 4) is 0 Å². The molecule has 2 aliphatic rings. The minimum atomic E-state index is -0.455. The molecule has 0 aliphatic carbocycles. The Bertz CT molecular complexity index is 664. The number of cyclic esters (lactones) is 1. The molecule has 0 bridgehead atoms. The van der Waals surface area contributed by atoms with Crippen LogP contribution in [0.2, 0.25) is 0 Å². The zero-order valence-corrected chi connectivity index (χ0v) is 10.2. The van der Waals surface area contributed by atoms with Gasteiger partial charge in [-0.25, -0.2) is 0 Å². The zero-order valence-electron chi connectivity index (χ0n) is 10.2. The van der Waals surface area contributed by atoms with Crippen molar-refractivity contribution in [2.45, 2.75) is 24.6 Å². The third kappa shape index (κ3) is 1.39. The Hall–Kier alpha value is -1.85. The Balaban J connectivity index is 1.95. The van der Waals surface area contributed by atoms with E-state index in [-0.39, 0.29) is 24.5 Å². The summed E-state index contributed by atoms with van der Waals surface area (Å²) in [6, 6.07) is 7.69. The maximum Gasteiger partial charge on any atom is 0.324 e. The predicted octanol–water partition coefficient (Wildman–Crippen LogP) is 0.641. The van der Waals surface area contributed by atoms with E-state index >= 15 is 0 Å². The van der Waals surface area contributed by atoms with Crippen molar-refractivity contribution in [2.24, 2.45) is 0 Å². The average molecular weight is 258 g/mol. The molecule has 1 aromatic carbocycles. The van der Waals surface area contributed by atoms with Crippen LogP contribution in [-0.4, -0.2) is 34.8 Å². The van der Waals surface area contributed by atoms with Crippen LogP contribution in [0.25, 0.3) is 10.9 Å². The molecule has 0 amide bonds. The van der Waals surface area contributed by atoms with Crippen molar-refractivity contribution in [1.82, 2.24) is 10.3 Å². The number of rotatable bonds is 1. The number of carbonyl (C=O) groups excluding carboxylic acids is 1. The lowest BCUT2D eigenvalue weighted by atomic mass is 9.84. The van der Waals surface area contributed by atoms with E-state index in [0.717, 1.165) is 22.2 Å². The lowest BCUT2D eigenvalue weighted by Crippen LogP contribution is -2.42. The Morgan fingerprint density at radius 1 is 1.37 bits per heavy atom. The van der Waals surface area contributed by atoms with Crippen LogP contribution in [0.5, 0.6) is 0 Å². The first-order valence-corrected chi connectivity index (χ1v) is 6.44.